The van der Waals surface area contributed by atoms with E-state index in [1.165, 1.54) is 6.07 Å². The molecule has 1 aromatic carbocycles. The number of ketones is 2. The third-order valence-corrected chi connectivity index (χ3v) is 9.09. The number of primary amides is 1. The van der Waals surface area contributed by atoms with Crippen LogP contribution in [0.2, 0.25) is 0 Å². The first-order valence-corrected chi connectivity index (χ1v) is 13.7. The number of likely N-dealkylation sites (tertiary alicyclic amines) is 1. The zero-order valence-electron chi connectivity index (χ0n) is 23.3. The highest BCUT2D eigenvalue weighted by molar-refractivity contribution is 6.24. The molecule has 1 aliphatic heterocycles. The molecule has 11 heteroatoms. The molecule has 1 amide bonds. The Morgan fingerprint density at radius 3 is 2.44 bits per heavy atom. The van der Waals surface area contributed by atoms with Crippen molar-refractivity contribution >= 4 is 23.2 Å². The molecule has 41 heavy (non-hydrogen) atoms. The molecule has 4 aliphatic rings. The van der Waals surface area contributed by atoms with E-state index >= 15 is 0 Å². The normalized spacial score (nSPS) is 29.3. The van der Waals surface area contributed by atoms with E-state index in [9.17, 15) is 34.8 Å². The third kappa shape index (κ3) is 3.71. The Morgan fingerprint density at radius 2 is 1.85 bits per heavy atom. The van der Waals surface area contributed by atoms with Crippen LogP contribution >= 0.6 is 0 Å². The monoisotopic (exact) mass is 563 g/mol. The van der Waals surface area contributed by atoms with Crippen LogP contribution in [-0.2, 0) is 20.8 Å². The quantitative estimate of drug-likeness (QED) is 0.346. The molecule has 2 fully saturated rings. The SMILES string of the molecule is CC(C)c1cc(-c2ccc(O)c3c2CC2CC4C(N5CC(C)(C)C5)C(=O)C(C(N)=O)=C(O)C4(O)C(=O)C2=C3O)on1. The topological polar surface area (TPSA) is 187 Å². The molecule has 11 nitrogen and oxygen atoms in total. The largest absolute Gasteiger partial charge is 0.508 e. The maximum atomic E-state index is 14.1. The Labute approximate surface area is 235 Å². The molecular formula is C30H33N3O8. The number of carbonyl (C=O) groups is 3. The van der Waals surface area contributed by atoms with Crippen molar-refractivity contribution in [3.8, 4) is 17.1 Å². The number of aliphatic hydroxyl groups excluding tert-OH is 2. The highest BCUT2D eigenvalue weighted by Gasteiger charge is 2.65. The summed E-state index contributed by atoms with van der Waals surface area (Å²) in [5.74, 6) is -6.16. The predicted octanol–water partition coefficient (Wildman–Crippen LogP) is 2.52. The van der Waals surface area contributed by atoms with Gasteiger partial charge < -0.3 is 30.7 Å². The molecule has 6 rings (SSSR count). The summed E-state index contributed by atoms with van der Waals surface area (Å²) in [5, 5.41) is 49.4. The van der Waals surface area contributed by atoms with Gasteiger partial charge in [0.05, 0.1) is 17.3 Å². The molecule has 1 saturated carbocycles. The molecule has 1 saturated heterocycles. The summed E-state index contributed by atoms with van der Waals surface area (Å²) in [6, 6.07) is 3.73. The molecule has 6 N–H and O–H groups in total. The fraction of sp³-hybridized carbons (Fsp3) is 0.467. The number of nitrogens with two attached hydrogens (primary N) is 1. The maximum absolute atomic E-state index is 14.1. The summed E-state index contributed by atoms with van der Waals surface area (Å²) >= 11 is 0. The minimum atomic E-state index is -2.66. The molecule has 216 valence electrons. The summed E-state index contributed by atoms with van der Waals surface area (Å²) in [6.07, 6.45) is 0.210. The lowest BCUT2D eigenvalue weighted by Crippen LogP contribution is -2.70. The van der Waals surface area contributed by atoms with E-state index in [1.807, 2.05) is 27.7 Å². The van der Waals surface area contributed by atoms with Gasteiger partial charge in [0.1, 0.15) is 22.8 Å². The zero-order chi connectivity index (χ0) is 29.8. The number of benzene rings is 1. The van der Waals surface area contributed by atoms with E-state index < -0.39 is 58.0 Å². The van der Waals surface area contributed by atoms with Crippen molar-refractivity contribution in [3.05, 3.63) is 51.9 Å². The second-order valence-corrected chi connectivity index (χ2v) is 12.8. The molecule has 0 spiro atoms. The van der Waals surface area contributed by atoms with Crippen molar-refractivity contribution in [1.82, 2.24) is 10.1 Å². The van der Waals surface area contributed by atoms with E-state index in [1.54, 1.807) is 17.0 Å². The number of fused-ring (bicyclic) bond motifs is 3. The lowest BCUT2D eigenvalue weighted by molar-refractivity contribution is -0.161. The van der Waals surface area contributed by atoms with E-state index in [-0.39, 0.29) is 41.1 Å². The number of aliphatic hydroxyl groups is 3. The summed E-state index contributed by atoms with van der Waals surface area (Å²) in [5.41, 5.74) is 3.52. The number of rotatable bonds is 4. The number of carbonyl (C=O) groups excluding carboxylic acids is 3. The lowest BCUT2D eigenvalue weighted by atomic mass is 9.56. The number of hydrogen-bond donors (Lipinski definition) is 5. The standard InChI is InChI=1S/C30H33N3O8/c1-12(2)17-9-19(41-32-17)14-5-6-18(34)21-15(14)7-13-8-16-23(33-10-29(3,4)11-33)25(36)22(28(31)39)27(38)30(16,40)26(37)20(13)24(21)35/h5-6,9,12-13,16,23,34-35,38,40H,7-8,10-11H2,1-4H3,(H2,31,39). The summed E-state index contributed by atoms with van der Waals surface area (Å²) in [7, 11) is 0. The molecular weight excluding hydrogens is 530 g/mol. The van der Waals surface area contributed by atoms with Crippen molar-refractivity contribution in [2.75, 3.05) is 13.1 Å². The number of phenolic OH excluding ortho intramolecular Hbond substituents is 1. The van der Waals surface area contributed by atoms with E-state index in [0.29, 0.717) is 30.0 Å². The van der Waals surface area contributed by atoms with E-state index in [2.05, 4.69) is 5.16 Å². The van der Waals surface area contributed by atoms with Gasteiger partial charge in [-0.25, -0.2) is 0 Å². The van der Waals surface area contributed by atoms with Crippen molar-refractivity contribution < 1.29 is 39.3 Å². The first-order valence-electron chi connectivity index (χ1n) is 13.7. The molecule has 2 aromatic rings. The van der Waals surface area contributed by atoms with Gasteiger partial charge in [0.2, 0.25) is 5.78 Å². The van der Waals surface area contributed by atoms with E-state index in [0.717, 1.165) is 5.69 Å². The Morgan fingerprint density at radius 1 is 1.17 bits per heavy atom. The van der Waals surface area contributed by atoms with Gasteiger partial charge in [0.15, 0.2) is 17.1 Å². The Bertz CT molecular complexity index is 1590. The second-order valence-electron chi connectivity index (χ2n) is 12.8. The predicted molar refractivity (Wildman–Crippen MR) is 145 cm³/mol. The number of aromatic hydroxyl groups is 1. The molecule has 1 aromatic heterocycles. The van der Waals surface area contributed by atoms with Crippen LogP contribution in [0, 0.1) is 17.3 Å². The van der Waals surface area contributed by atoms with Crippen LogP contribution < -0.4 is 5.73 Å². The molecule has 2 heterocycles. The first kappa shape index (κ1) is 27.2. The Balaban J connectivity index is 1.52. The number of aromatic nitrogens is 1. The average molecular weight is 564 g/mol. The fourth-order valence-electron chi connectivity index (χ4n) is 7.24. The fourth-order valence-corrected chi connectivity index (χ4v) is 7.24. The van der Waals surface area contributed by atoms with Crippen LogP contribution in [0.1, 0.15) is 56.9 Å². The molecule has 4 atom stereocenters. The summed E-state index contributed by atoms with van der Waals surface area (Å²) < 4.78 is 5.59. The summed E-state index contributed by atoms with van der Waals surface area (Å²) in [4.78, 5) is 41.8. The molecule has 0 radical (unpaired) electrons. The minimum Gasteiger partial charge on any atom is -0.508 e. The smallest absolute Gasteiger partial charge is 0.255 e. The Kier molecular flexibility index (Phi) is 5.82. The van der Waals surface area contributed by atoms with Crippen LogP contribution in [-0.4, -0.2) is 72.7 Å². The van der Waals surface area contributed by atoms with Gasteiger partial charge in [-0.15, -0.1) is 0 Å². The molecule has 0 bridgehead atoms. The van der Waals surface area contributed by atoms with Gasteiger partial charge in [-0.3, -0.25) is 19.3 Å². The number of hydrogen-bond acceptors (Lipinski definition) is 10. The van der Waals surface area contributed by atoms with Gasteiger partial charge in [0.25, 0.3) is 5.91 Å². The Hall–Kier alpha value is -3.96. The van der Waals surface area contributed by atoms with Crippen molar-refractivity contribution in [1.29, 1.82) is 0 Å². The molecule has 3 aliphatic carbocycles. The number of Topliss-reactive ketones (excluding diaryl/α,β-unsaturated/α-hetero) is 2. The summed E-state index contributed by atoms with van der Waals surface area (Å²) in [6.45, 7) is 8.91. The highest BCUT2D eigenvalue weighted by Crippen LogP contribution is 2.54. The van der Waals surface area contributed by atoms with Crippen molar-refractivity contribution in [3.63, 3.8) is 0 Å². The van der Waals surface area contributed by atoms with Crippen LogP contribution in [0.3, 0.4) is 0 Å². The minimum absolute atomic E-state index is 0.0122. The average Bonchev–Trinajstić information content (AvgIpc) is 3.35. The number of nitrogens with zero attached hydrogens (tertiary/aromatic N) is 2. The lowest BCUT2D eigenvalue weighted by Gasteiger charge is -2.56. The number of amides is 1. The van der Waals surface area contributed by atoms with Gasteiger partial charge >= 0.3 is 0 Å². The molecule has 4 unspecified atom stereocenters. The van der Waals surface area contributed by atoms with Crippen LogP contribution in [0.25, 0.3) is 17.1 Å². The highest BCUT2D eigenvalue weighted by atomic mass is 16.5. The van der Waals surface area contributed by atoms with Crippen LogP contribution in [0.4, 0.5) is 0 Å². The second kappa shape index (κ2) is 8.77. The van der Waals surface area contributed by atoms with Gasteiger partial charge in [-0.1, -0.05) is 32.9 Å². The zero-order valence-corrected chi connectivity index (χ0v) is 23.3. The van der Waals surface area contributed by atoms with Crippen LogP contribution in [0.5, 0.6) is 5.75 Å². The van der Waals surface area contributed by atoms with Gasteiger partial charge in [-0.05, 0) is 47.8 Å². The van der Waals surface area contributed by atoms with Crippen molar-refractivity contribution in [2.45, 2.75) is 58.1 Å². The van der Waals surface area contributed by atoms with Crippen molar-refractivity contribution in [2.24, 2.45) is 23.0 Å². The van der Waals surface area contributed by atoms with Gasteiger partial charge in [0, 0.05) is 36.2 Å². The van der Waals surface area contributed by atoms with Crippen LogP contribution in [0.15, 0.2) is 39.6 Å². The maximum Gasteiger partial charge on any atom is 0.255 e. The van der Waals surface area contributed by atoms with Gasteiger partial charge in [-0.2, -0.15) is 0 Å². The first-order chi connectivity index (χ1) is 19.2. The number of phenols is 1. The third-order valence-electron chi connectivity index (χ3n) is 9.09. The van der Waals surface area contributed by atoms with E-state index in [4.69, 9.17) is 10.3 Å².